The smallest absolute Gasteiger partial charge is 0.146 e. The van der Waals surface area contributed by atoms with E-state index in [9.17, 15) is 4.39 Å². The van der Waals surface area contributed by atoms with Gasteiger partial charge in [-0.15, -0.1) is 0 Å². The SMILES string of the molecule is COc1ccc(F)c(NCc2ccc(CO)o2)c1. The largest absolute Gasteiger partial charge is 0.497 e. The average Bonchev–Trinajstić information content (AvgIpc) is 2.86. The van der Waals surface area contributed by atoms with Crippen LogP contribution in [0.25, 0.3) is 0 Å². The van der Waals surface area contributed by atoms with Crippen LogP contribution in [0.3, 0.4) is 0 Å². The molecule has 1 heterocycles. The summed E-state index contributed by atoms with van der Waals surface area (Å²) in [4.78, 5) is 0. The van der Waals surface area contributed by atoms with E-state index in [1.807, 2.05) is 0 Å². The van der Waals surface area contributed by atoms with Gasteiger partial charge in [-0.1, -0.05) is 0 Å². The molecule has 2 rings (SSSR count). The van der Waals surface area contributed by atoms with E-state index in [1.54, 1.807) is 24.3 Å². The molecule has 0 fully saturated rings. The van der Waals surface area contributed by atoms with Gasteiger partial charge in [0.05, 0.1) is 19.3 Å². The summed E-state index contributed by atoms with van der Waals surface area (Å²) in [6, 6.07) is 7.88. The van der Waals surface area contributed by atoms with Crippen molar-refractivity contribution >= 4 is 5.69 Å². The number of aliphatic hydroxyl groups excluding tert-OH is 1. The molecule has 18 heavy (non-hydrogen) atoms. The van der Waals surface area contributed by atoms with E-state index in [-0.39, 0.29) is 12.4 Å². The predicted molar refractivity (Wildman–Crippen MR) is 64.9 cm³/mol. The Hall–Kier alpha value is -2.01. The third kappa shape index (κ3) is 2.81. The monoisotopic (exact) mass is 251 g/mol. The predicted octanol–water partition coefficient (Wildman–Crippen LogP) is 2.53. The van der Waals surface area contributed by atoms with Gasteiger partial charge in [-0.3, -0.25) is 0 Å². The normalized spacial score (nSPS) is 10.4. The summed E-state index contributed by atoms with van der Waals surface area (Å²) >= 11 is 0. The maximum atomic E-state index is 13.5. The standard InChI is InChI=1S/C13H14FNO3/c1-17-9-4-5-12(14)13(6-9)15-7-10-2-3-11(8-16)18-10/h2-6,15-16H,7-8H2,1H3. The Labute approximate surface area is 104 Å². The number of benzene rings is 1. The molecule has 0 radical (unpaired) electrons. The van der Waals surface area contributed by atoms with E-state index in [0.717, 1.165) is 0 Å². The Morgan fingerprint density at radius 2 is 2.06 bits per heavy atom. The Kier molecular flexibility index (Phi) is 3.84. The van der Waals surface area contributed by atoms with Crippen LogP contribution in [-0.2, 0) is 13.2 Å². The van der Waals surface area contributed by atoms with E-state index < -0.39 is 0 Å². The van der Waals surface area contributed by atoms with E-state index in [1.165, 1.54) is 13.2 Å². The molecule has 0 saturated carbocycles. The first-order valence-corrected chi connectivity index (χ1v) is 5.49. The molecular weight excluding hydrogens is 237 g/mol. The van der Waals surface area contributed by atoms with Crippen LogP contribution in [0.15, 0.2) is 34.7 Å². The first-order chi connectivity index (χ1) is 8.72. The molecule has 2 aromatic rings. The number of aliphatic hydroxyl groups is 1. The van der Waals surface area contributed by atoms with Gasteiger partial charge in [0.25, 0.3) is 0 Å². The molecule has 0 aliphatic carbocycles. The van der Waals surface area contributed by atoms with Gasteiger partial charge in [-0.05, 0) is 24.3 Å². The lowest BCUT2D eigenvalue weighted by molar-refractivity contribution is 0.244. The van der Waals surface area contributed by atoms with Crippen molar-refractivity contribution in [1.82, 2.24) is 0 Å². The molecule has 0 aliphatic rings. The Bertz CT molecular complexity index is 525. The van der Waals surface area contributed by atoms with Crippen LogP contribution in [0.1, 0.15) is 11.5 Å². The number of hydrogen-bond donors (Lipinski definition) is 2. The number of halogens is 1. The molecule has 0 saturated heterocycles. The van der Waals surface area contributed by atoms with E-state index >= 15 is 0 Å². The third-order valence-electron chi connectivity index (χ3n) is 2.50. The minimum atomic E-state index is -0.357. The van der Waals surface area contributed by atoms with Gasteiger partial charge >= 0.3 is 0 Å². The molecule has 0 unspecified atom stereocenters. The van der Waals surface area contributed by atoms with E-state index in [0.29, 0.717) is 29.5 Å². The molecule has 0 atom stereocenters. The number of methoxy groups -OCH3 is 1. The molecule has 0 spiro atoms. The topological polar surface area (TPSA) is 54.6 Å². The van der Waals surface area contributed by atoms with Crippen molar-refractivity contribution in [3.8, 4) is 5.75 Å². The number of rotatable bonds is 5. The molecular formula is C13H14FNO3. The average molecular weight is 251 g/mol. The number of ether oxygens (including phenoxy) is 1. The Morgan fingerprint density at radius 1 is 1.28 bits per heavy atom. The van der Waals surface area contributed by atoms with Crippen LogP contribution in [0, 0.1) is 5.82 Å². The first kappa shape index (κ1) is 12.4. The third-order valence-corrected chi connectivity index (χ3v) is 2.50. The molecule has 0 bridgehead atoms. The minimum absolute atomic E-state index is 0.145. The van der Waals surface area contributed by atoms with Crippen molar-refractivity contribution in [2.45, 2.75) is 13.2 Å². The van der Waals surface area contributed by atoms with Gasteiger partial charge in [0.2, 0.25) is 0 Å². The Morgan fingerprint density at radius 3 is 2.72 bits per heavy atom. The van der Waals surface area contributed by atoms with Gasteiger partial charge in [-0.25, -0.2) is 4.39 Å². The van der Waals surface area contributed by atoms with Crippen LogP contribution < -0.4 is 10.1 Å². The number of anilines is 1. The molecule has 5 heteroatoms. The lowest BCUT2D eigenvalue weighted by Crippen LogP contribution is -2.01. The van der Waals surface area contributed by atoms with Crippen LogP contribution in [-0.4, -0.2) is 12.2 Å². The summed E-state index contributed by atoms with van der Waals surface area (Å²) in [5, 5.41) is 11.8. The van der Waals surface area contributed by atoms with Crippen LogP contribution in [0.5, 0.6) is 5.75 Å². The highest BCUT2D eigenvalue weighted by Gasteiger charge is 2.05. The van der Waals surface area contributed by atoms with Gasteiger partial charge in [-0.2, -0.15) is 0 Å². The van der Waals surface area contributed by atoms with Crippen molar-refractivity contribution in [3.05, 3.63) is 47.7 Å². The second-order valence-corrected chi connectivity index (χ2v) is 3.73. The zero-order valence-corrected chi connectivity index (χ0v) is 9.94. The van der Waals surface area contributed by atoms with Gasteiger partial charge in [0, 0.05) is 6.07 Å². The highest BCUT2D eigenvalue weighted by Crippen LogP contribution is 2.22. The summed E-state index contributed by atoms with van der Waals surface area (Å²) in [5.74, 6) is 1.33. The summed E-state index contributed by atoms with van der Waals surface area (Å²) in [6.07, 6.45) is 0. The van der Waals surface area contributed by atoms with Gasteiger partial charge in [0.1, 0.15) is 29.7 Å². The lowest BCUT2D eigenvalue weighted by Gasteiger charge is -2.07. The van der Waals surface area contributed by atoms with Crippen LogP contribution in [0.2, 0.25) is 0 Å². The summed E-state index contributed by atoms with van der Waals surface area (Å²) in [5.41, 5.74) is 0.344. The highest BCUT2D eigenvalue weighted by atomic mass is 19.1. The van der Waals surface area contributed by atoms with Gasteiger partial charge < -0.3 is 19.6 Å². The molecule has 2 N–H and O–H groups in total. The van der Waals surface area contributed by atoms with Crippen molar-refractivity contribution in [2.75, 3.05) is 12.4 Å². The quantitative estimate of drug-likeness (QED) is 0.857. The van der Waals surface area contributed by atoms with Crippen molar-refractivity contribution in [2.24, 2.45) is 0 Å². The van der Waals surface area contributed by atoms with Gasteiger partial charge in [0.15, 0.2) is 0 Å². The van der Waals surface area contributed by atoms with Crippen molar-refractivity contribution in [1.29, 1.82) is 0 Å². The first-order valence-electron chi connectivity index (χ1n) is 5.49. The summed E-state index contributed by atoms with van der Waals surface area (Å²) in [6.45, 7) is 0.192. The molecule has 1 aromatic heterocycles. The van der Waals surface area contributed by atoms with Crippen molar-refractivity contribution in [3.63, 3.8) is 0 Å². The fourth-order valence-electron chi connectivity index (χ4n) is 1.55. The lowest BCUT2D eigenvalue weighted by atomic mass is 10.3. The molecule has 96 valence electrons. The summed E-state index contributed by atoms with van der Waals surface area (Å²) in [7, 11) is 1.52. The van der Waals surface area contributed by atoms with Crippen molar-refractivity contribution < 1.29 is 18.7 Å². The molecule has 1 aromatic carbocycles. The van der Waals surface area contributed by atoms with Crippen LogP contribution >= 0.6 is 0 Å². The highest BCUT2D eigenvalue weighted by molar-refractivity contribution is 5.49. The number of hydrogen-bond acceptors (Lipinski definition) is 4. The zero-order valence-electron chi connectivity index (χ0n) is 9.94. The molecule has 4 nitrogen and oxygen atoms in total. The second-order valence-electron chi connectivity index (χ2n) is 3.73. The Balaban J connectivity index is 2.05. The maximum Gasteiger partial charge on any atom is 0.146 e. The van der Waals surface area contributed by atoms with E-state index in [2.05, 4.69) is 5.32 Å². The molecule has 0 amide bonds. The fraction of sp³-hybridized carbons (Fsp3) is 0.231. The minimum Gasteiger partial charge on any atom is -0.497 e. The molecule has 0 aliphatic heterocycles. The number of furan rings is 1. The zero-order chi connectivity index (χ0) is 13.0. The fourth-order valence-corrected chi connectivity index (χ4v) is 1.55. The van der Waals surface area contributed by atoms with E-state index in [4.69, 9.17) is 14.3 Å². The maximum absolute atomic E-state index is 13.5. The second kappa shape index (κ2) is 5.55. The number of nitrogens with one attached hydrogen (secondary N) is 1. The van der Waals surface area contributed by atoms with Crippen LogP contribution in [0.4, 0.5) is 10.1 Å². The summed E-state index contributed by atoms with van der Waals surface area (Å²) < 4.78 is 23.8.